The van der Waals surface area contributed by atoms with Crippen molar-refractivity contribution in [3.05, 3.63) is 33.9 Å². The van der Waals surface area contributed by atoms with E-state index in [1.165, 1.54) is 0 Å². The van der Waals surface area contributed by atoms with Gasteiger partial charge in [-0.2, -0.15) is 5.10 Å². The van der Waals surface area contributed by atoms with Crippen LogP contribution in [0.15, 0.2) is 18.2 Å². The molecule has 2 aromatic rings. The van der Waals surface area contributed by atoms with Crippen LogP contribution in [-0.4, -0.2) is 24.9 Å². The smallest absolute Gasteiger partial charge is 0.155 e. The Morgan fingerprint density at radius 1 is 1.30 bits per heavy atom. The summed E-state index contributed by atoms with van der Waals surface area (Å²) in [5, 5.41) is 6.60. The number of anilines is 1. The van der Waals surface area contributed by atoms with E-state index in [1.807, 2.05) is 0 Å². The lowest BCUT2D eigenvalue weighted by Crippen LogP contribution is -2.09. The molecule has 0 fully saturated rings. The first-order chi connectivity index (χ1) is 9.21. The number of aromatic amines is 1. The van der Waals surface area contributed by atoms with E-state index < -0.39 is 15.1 Å². The molecule has 108 valence electrons. The van der Waals surface area contributed by atoms with E-state index in [1.54, 1.807) is 25.1 Å². The zero-order valence-corrected chi connectivity index (χ0v) is 13.1. The molecule has 1 atom stereocenters. The maximum absolute atomic E-state index is 11.7. The molecule has 2 rings (SSSR count). The molecule has 1 aromatic heterocycles. The van der Waals surface area contributed by atoms with E-state index in [-0.39, 0.29) is 5.82 Å². The summed E-state index contributed by atoms with van der Waals surface area (Å²) in [6.45, 7) is 1.57. The molecule has 0 aliphatic carbocycles. The van der Waals surface area contributed by atoms with Crippen molar-refractivity contribution in [2.75, 3.05) is 12.0 Å². The zero-order valence-electron chi connectivity index (χ0n) is 10.8. The van der Waals surface area contributed by atoms with Gasteiger partial charge in [0.1, 0.15) is 5.25 Å². The summed E-state index contributed by atoms with van der Waals surface area (Å²) >= 11 is 11.9. The molecule has 1 heterocycles. The fourth-order valence-electron chi connectivity index (χ4n) is 1.83. The molecular formula is C12H13Cl2N3O2S. The van der Waals surface area contributed by atoms with Crippen molar-refractivity contribution in [3.63, 3.8) is 0 Å². The third-order valence-corrected chi connectivity index (χ3v) is 5.34. The molecule has 8 heteroatoms. The summed E-state index contributed by atoms with van der Waals surface area (Å²) in [5.74, 6) is 0.217. The Labute approximate surface area is 127 Å². The standard InChI is InChI=1S/C12H13Cl2N3O2S/c1-6(20(2,18)19)11-10(12(15)17-16-11)7-3-4-8(13)9(14)5-7/h3-6H,1-2H3,(H3,15,16,17). The van der Waals surface area contributed by atoms with Crippen molar-refractivity contribution in [1.29, 1.82) is 0 Å². The molecule has 0 bridgehead atoms. The summed E-state index contributed by atoms with van der Waals surface area (Å²) in [4.78, 5) is 0. The number of halogens is 2. The molecule has 3 N–H and O–H groups in total. The zero-order chi connectivity index (χ0) is 15.1. The fourth-order valence-corrected chi connectivity index (χ4v) is 2.73. The summed E-state index contributed by atoms with van der Waals surface area (Å²) in [6, 6.07) is 4.97. The van der Waals surface area contributed by atoms with Crippen LogP contribution in [0.5, 0.6) is 0 Å². The highest BCUT2D eigenvalue weighted by molar-refractivity contribution is 7.90. The highest BCUT2D eigenvalue weighted by Gasteiger charge is 2.25. The molecule has 0 aliphatic heterocycles. The average molecular weight is 334 g/mol. The highest BCUT2D eigenvalue weighted by atomic mass is 35.5. The summed E-state index contributed by atoms with van der Waals surface area (Å²) < 4.78 is 23.4. The summed E-state index contributed by atoms with van der Waals surface area (Å²) in [5.41, 5.74) is 7.46. The molecular weight excluding hydrogens is 321 g/mol. The van der Waals surface area contributed by atoms with E-state index in [0.29, 0.717) is 26.9 Å². The van der Waals surface area contributed by atoms with Crippen LogP contribution in [0.3, 0.4) is 0 Å². The average Bonchev–Trinajstić information content (AvgIpc) is 2.72. The minimum atomic E-state index is -3.28. The Kier molecular flexibility index (Phi) is 4.00. The fraction of sp³-hybridized carbons (Fsp3) is 0.250. The van der Waals surface area contributed by atoms with Gasteiger partial charge in [0.15, 0.2) is 15.7 Å². The number of nitrogens with two attached hydrogens (primary N) is 1. The van der Waals surface area contributed by atoms with Crippen molar-refractivity contribution in [2.45, 2.75) is 12.2 Å². The van der Waals surface area contributed by atoms with E-state index in [0.717, 1.165) is 6.26 Å². The number of benzene rings is 1. The number of rotatable bonds is 3. The van der Waals surface area contributed by atoms with Gasteiger partial charge < -0.3 is 5.73 Å². The van der Waals surface area contributed by atoms with Gasteiger partial charge in [-0.05, 0) is 24.6 Å². The van der Waals surface area contributed by atoms with Crippen LogP contribution >= 0.6 is 23.2 Å². The number of hydrogen-bond acceptors (Lipinski definition) is 4. The Balaban J connectivity index is 2.63. The molecule has 1 aromatic carbocycles. The van der Waals surface area contributed by atoms with Crippen molar-refractivity contribution in [3.8, 4) is 11.1 Å². The molecule has 0 saturated heterocycles. The molecule has 5 nitrogen and oxygen atoms in total. The van der Waals surface area contributed by atoms with Gasteiger partial charge >= 0.3 is 0 Å². The Hall–Kier alpha value is -1.24. The Bertz CT molecular complexity index is 756. The number of nitrogens with zero attached hydrogens (tertiary/aromatic N) is 1. The highest BCUT2D eigenvalue weighted by Crippen LogP contribution is 2.36. The maximum atomic E-state index is 11.7. The molecule has 0 amide bonds. The number of hydrogen-bond donors (Lipinski definition) is 2. The first kappa shape index (κ1) is 15.2. The van der Waals surface area contributed by atoms with Crippen molar-refractivity contribution in [2.24, 2.45) is 0 Å². The van der Waals surface area contributed by atoms with Gasteiger partial charge in [-0.3, -0.25) is 5.10 Å². The molecule has 20 heavy (non-hydrogen) atoms. The SMILES string of the molecule is CC(c1[nH]nc(N)c1-c1ccc(Cl)c(Cl)c1)S(C)(=O)=O. The van der Waals surface area contributed by atoms with E-state index in [2.05, 4.69) is 10.2 Å². The largest absolute Gasteiger partial charge is 0.382 e. The molecule has 0 aliphatic rings. The van der Waals surface area contributed by atoms with Gasteiger partial charge in [0.25, 0.3) is 0 Å². The minimum absolute atomic E-state index is 0.217. The maximum Gasteiger partial charge on any atom is 0.155 e. The van der Waals surface area contributed by atoms with E-state index in [4.69, 9.17) is 28.9 Å². The first-order valence-electron chi connectivity index (χ1n) is 5.70. The van der Waals surface area contributed by atoms with Crippen LogP contribution in [-0.2, 0) is 9.84 Å². The molecule has 0 spiro atoms. The topological polar surface area (TPSA) is 88.8 Å². The number of sulfone groups is 1. The van der Waals surface area contributed by atoms with Crippen LogP contribution in [0.4, 0.5) is 5.82 Å². The lowest BCUT2D eigenvalue weighted by Gasteiger charge is -2.11. The van der Waals surface area contributed by atoms with Crippen molar-refractivity contribution < 1.29 is 8.42 Å². The summed E-state index contributed by atoms with van der Waals surface area (Å²) in [6.07, 6.45) is 1.16. The summed E-state index contributed by atoms with van der Waals surface area (Å²) in [7, 11) is -3.28. The molecule has 1 unspecified atom stereocenters. The minimum Gasteiger partial charge on any atom is -0.382 e. The van der Waals surface area contributed by atoms with E-state index >= 15 is 0 Å². The Morgan fingerprint density at radius 3 is 2.50 bits per heavy atom. The van der Waals surface area contributed by atoms with Gasteiger partial charge in [-0.25, -0.2) is 8.42 Å². The van der Waals surface area contributed by atoms with Gasteiger partial charge in [0.2, 0.25) is 0 Å². The number of H-pyrrole nitrogens is 1. The number of nitrogens with one attached hydrogen (secondary N) is 1. The third kappa shape index (κ3) is 2.77. The van der Waals surface area contributed by atoms with Crippen molar-refractivity contribution >= 4 is 38.9 Å². The number of nitrogen functional groups attached to an aromatic ring is 1. The lowest BCUT2D eigenvalue weighted by atomic mass is 10.0. The lowest BCUT2D eigenvalue weighted by molar-refractivity contribution is 0.591. The number of aromatic nitrogens is 2. The molecule has 0 radical (unpaired) electrons. The second-order valence-electron chi connectivity index (χ2n) is 4.50. The van der Waals surface area contributed by atoms with E-state index in [9.17, 15) is 8.42 Å². The van der Waals surface area contributed by atoms with Crippen LogP contribution < -0.4 is 5.73 Å². The first-order valence-corrected chi connectivity index (χ1v) is 8.41. The second-order valence-corrected chi connectivity index (χ2v) is 7.68. The van der Waals surface area contributed by atoms with Crippen molar-refractivity contribution in [1.82, 2.24) is 10.2 Å². The quantitative estimate of drug-likeness (QED) is 0.903. The monoisotopic (exact) mass is 333 g/mol. The third-order valence-electron chi connectivity index (χ3n) is 3.08. The predicted molar refractivity (Wildman–Crippen MR) is 81.7 cm³/mol. The molecule has 0 saturated carbocycles. The second kappa shape index (κ2) is 5.27. The van der Waals surface area contributed by atoms with Gasteiger partial charge in [-0.15, -0.1) is 0 Å². The predicted octanol–water partition coefficient (Wildman–Crippen LogP) is 3.07. The van der Waals surface area contributed by atoms with Crippen LogP contribution in [0.25, 0.3) is 11.1 Å². The van der Waals surface area contributed by atoms with Gasteiger partial charge in [0, 0.05) is 11.8 Å². The van der Waals surface area contributed by atoms with Gasteiger partial charge in [-0.1, -0.05) is 29.3 Å². The normalized spacial score (nSPS) is 13.4. The van der Waals surface area contributed by atoms with Crippen LogP contribution in [0, 0.1) is 0 Å². The Morgan fingerprint density at radius 2 is 1.95 bits per heavy atom. The van der Waals surface area contributed by atoms with Crippen LogP contribution in [0.2, 0.25) is 10.0 Å². The van der Waals surface area contributed by atoms with Crippen LogP contribution in [0.1, 0.15) is 17.9 Å². The van der Waals surface area contributed by atoms with Gasteiger partial charge in [0.05, 0.1) is 15.7 Å².